The van der Waals surface area contributed by atoms with Gasteiger partial charge >= 0.3 is 0 Å². The fourth-order valence-corrected chi connectivity index (χ4v) is 3.84. The summed E-state index contributed by atoms with van der Waals surface area (Å²) < 4.78 is 11.5. The predicted octanol–water partition coefficient (Wildman–Crippen LogP) is 3.87. The Morgan fingerprint density at radius 1 is 1.23 bits per heavy atom. The van der Waals surface area contributed by atoms with E-state index in [0.717, 1.165) is 43.6 Å². The first-order chi connectivity index (χ1) is 14.9. The van der Waals surface area contributed by atoms with Gasteiger partial charge in [-0.25, -0.2) is 9.98 Å². The van der Waals surface area contributed by atoms with Crippen LogP contribution < -0.4 is 15.4 Å². The minimum atomic E-state index is -0.0601. The van der Waals surface area contributed by atoms with Gasteiger partial charge in [-0.05, 0) is 38.9 Å². The molecule has 1 aliphatic rings. The number of hydrogen-bond acceptors (Lipinski definition) is 5. The third-order valence-electron chi connectivity index (χ3n) is 5.55. The van der Waals surface area contributed by atoms with Gasteiger partial charge in [-0.2, -0.15) is 0 Å². The second-order valence-electron chi connectivity index (χ2n) is 8.95. The summed E-state index contributed by atoms with van der Waals surface area (Å²) in [5, 5.41) is 6.86. The standard InChI is InChI=1S/C24H37N5O2/c1-6-25-23(28-17-22-26-16-21(31-22)24(2,3)4)27-15-19(29-13-9-10-14-29)18-11-7-8-12-20(18)30-5/h7-8,11-12,16,19H,6,9-10,13-15,17H2,1-5H3,(H2,25,27,28). The van der Waals surface area contributed by atoms with Crippen molar-refractivity contribution < 1.29 is 9.15 Å². The highest BCUT2D eigenvalue weighted by molar-refractivity contribution is 5.79. The van der Waals surface area contributed by atoms with E-state index < -0.39 is 0 Å². The monoisotopic (exact) mass is 427 g/mol. The van der Waals surface area contributed by atoms with E-state index in [0.29, 0.717) is 12.4 Å². The number of aromatic nitrogens is 1. The number of guanidine groups is 1. The first-order valence-electron chi connectivity index (χ1n) is 11.3. The molecule has 1 aromatic heterocycles. The number of methoxy groups -OCH3 is 1. The van der Waals surface area contributed by atoms with E-state index in [4.69, 9.17) is 14.1 Å². The maximum absolute atomic E-state index is 5.88. The number of oxazole rings is 1. The Hall–Kier alpha value is -2.54. The fourth-order valence-electron chi connectivity index (χ4n) is 3.84. The van der Waals surface area contributed by atoms with E-state index in [9.17, 15) is 0 Å². The molecule has 0 bridgehead atoms. The Morgan fingerprint density at radius 2 is 1.97 bits per heavy atom. The lowest BCUT2D eigenvalue weighted by Crippen LogP contribution is -2.42. The number of rotatable bonds is 8. The van der Waals surface area contributed by atoms with Crippen molar-refractivity contribution in [2.75, 3.05) is 33.3 Å². The molecule has 2 aromatic rings. The van der Waals surface area contributed by atoms with Crippen LogP contribution in [-0.4, -0.2) is 49.1 Å². The van der Waals surface area contributed by atoms with Crippen LogP contribution in [0.1, 0.15) is 63.8 Å². The van der Waals surface area contributed by atoms with Crippen LogP contribution in [0.25, 0.3) is 0 Å². The molecule has 1 atom stereocenters. The van der Waals surface area contributed by atoms with Gasteiger partial charge in [-0.1, -0.05) is 39.0 Å². The van der Waals surface area contributed by atoms with Gasteiger partial charge in [-0.3, -0.25) is 4.90 Å². The van der Waals surface area contributed by atoms with Gasteiger partial charge in [0.25, 0.3) is 0 Å². The molecule has 7 nitrogen and oxygen atoms in total. The molecule has 1 aromatic carbocycles. The van der Waals surface area contributed by atoms with E-state index in [-0.39, 0.29) is 11.5 Å². The summed E-state index contributed by atoms with van der Waals surface area (Å²) in [4.78, 5) is 11.6. The van der Waals surface area contributed by atoms with Crippen LogP contribution in [0.4, 0.5) is 0 Å². The lowest BCUT2D eigenvalue weighted by molar-refractivity contribution is 0.239. The summed E-state index contributed by atoms with van der Waals surface area (Å²) in [5.74, 6) is 3.19. The minimum Gasteiger partial charge on any atom is -0.496 e. The third-order valence-corrected chi connectivity index (χ3v) is 5.55. The van der Waals surface area contributed by atoms with E-state index in [1.165, 1.54) is 18.4 Å². The fraction of sp³-hybridized carbons (Fsp3) is 0.583. The molecule has 0 radical (unpaired) electrons. The number of benzene rings is 1. The highest BCUT2D eigenvalue weighted by atomic mass is 16.5. The number of para-hydroxylation sites is 1. The minimum absolute atomic E-state index is 0.0601. The molecule has 1 fully saturated rings. The van der Waals surface area contributed by atoms with Crippen molar-refractivity contribution in [1.29, 1.82) is 0 Å². The molecule has 1 unspecified atom stereocenters. The maximum Gasteiger partial charge on any atom is 0.216 e. The summed E-state index contributed by atoms with van der Waals surface area (Å²) in [6, 6.07) is 8.51. The van der Waals surface area contributed by atoms with E-state index in [2.05, 4.69) is 60.3 Å². The third kappa shape index (κ3) is 6.23. The Morgan fingerprint density at radius 3 is 2.61 bits per heavy atom. The van der Waals surface area contributed by atoms with Crippen molar-refractivity contribution in [2.45, 2.75) is 58.5 Å². The second-order valence-corrected chi connectivity index (χ2v) is 8.95. The molecule has 1 saturated heterocycles. The van der Waals surface area contributed by atoms with Crippen molar-refractivity contribution in [2.24, 2.45) is 4.99 Å². The van der Waals surface area contributed by atoms with Crippen molar-refractivity contribution >= 4 is 5.96 Å². The van der Waals surface area contributed by atoms with Gasteiger partial charge in [0.05, 0.1) is 19.3 Å². The number of ether oxygens (including phenoxy) is 1. The molecular weight excluding hydrogens is 390 g/mol. The zero-order valence-electron chi connectivity index (χ0n) is 19.6. The van der Waals surface area contributed by atoms with Crippen LogP contribution in [0, 0.1) is 0 Å². The number of nitrogens with one attached hydrogen (secondary N) is 2. The van der Waals surface area contributed by atoms with Crippen LogP contribution in [0.5, 0.6) is 5.75 Å². The Balaban J connectivity index is 1.72. The predicted molar refractivity (Wildman–Crippen MR) is 125 cm³/mol. The van der Waals surface area contributed by atoms with Crippen molar-refractivity contribution in [3.05, 3.63) is 47.7 Å². The molecule has 3 rings (SSSR count). The molecule has 0 amide bonds. The Kier molecular flexibility index (Phi) is 7.96. The molecule has 0 aliphatic carbocycles. The molecule has 31 heavy (non-hydrogen) atoms. The molecule has 2 N–H and O–H groups in total. The molecule has 0 spiro atoms. The van der Waals surface area contributed by atoms with Crippen molar-refractivity contribution in [1.82, 2.24) is 20.5 Å². The normalized spacial score (nSPS) is 16.4. The zero-order valence-corrected chi connectivity index (χ0v) is 19.6. The van der Waals surface area contributed by atoms with E-state index in [1.807, 2.05) is 12.1 Å². The summed E-state index contributed by atoms with van der Waals surface area (Å²) in [6.45, 7) is 12.5. The summed E-state index contributed by atoms with van der Waals surface area (Å²) in [5.41, 5.74) is 1.15. The average Bonchev–Trinajstić information content (AvgIpc) is 3.44. The van der Waals surface area contributed by atoms with Crippen LogP contribution in [-0.2, 0) is 12.0 Å². The van der Waals surface area contributed by atoms with Gasteiger partial charge < -0.3 is 19.8 Å². The van der Waals surface area contributed by atoms with Crippen LogP contribution in [0.2, 0.25) is 0 Å². The highest BCUT2D eigenvalue weighted by Crippen LogP contribution is 2.31. The smallest absolute Gasteiger partial charge is 0.216 e. The van der Waals surface area contributed by atoms with Crippen molar-refractivity contribution in [3.63, 3.8) is 0 Å². The van der Waals surface area contributed by atoms with Crippen LogP contribution >= 0.6 is 0 Å². The highest BCUT2D eigenvalue weighted by Gasteiger charge is 2.26. The lowest BCUT2D eigenvalue weighted by atomic mass is 9.94. The van der Waals surface area contributed by atoms with Gasteiger partial charge in [0, 0.05) is 24.1 Å². The number of aliphatic imine (C=N–C) groups is 1. The number of likely N-dealkylation sites (tertiary alicyclic amines) is 1. The lowest BCUT2D eigenvalue weighted by Gasteiger charge is -2.30. The molecule has 0 saturated carbocycles. The maximum atomic E-state index is 5.88. The number of nitrogens with zero attached hydrogens (tertiary/aromatic N) is 3. The van der Waals surface area contributed by atoms with Gasteiger partial charge in [-0.15, -0.1) is 0 Å². The first-order valence-corrected chi connectivity index (χ1v) is 11.3. The quantitative estimate of drug-likeness (QED) is 0.492. The van der Waals surface area contributed by atoms with Crippen LogP contribution in [0.15, 0.2) is 39.9 Å². The molecule has 2 heterocycles. The topological polar surface area (TPSA) is 74.9 Å². The molecule has 1 aliphatic heterocycles. The summed E-state index contributed by atoms with van der Waals surface area (Å²) in [6.07, 6.45) is 4.27. The van der Waals surface area contributed by atoms with E-state index >= 15 is 0 Å². The van der Waals surface area contributed by atoms with Gasteiger partial charge in [0.1, 0.15) is 18.1 Å². The zero-order chi connectivity index (χ0) is 22.3. The van der Waals surface area contributed by atoms with E-state index in [1.54, 1.807) is 13.3 Å². The molecule has 170 valence electrons. The largest absolute Gasteiger partial charge is 0.496 e. The summed E-state index contributed by atoms with van der Waals surface area (Å²) in [7, 11) is 1.74. The SMILES string of the molecule is CCNC(=NCc1ncc(C(C)(C)C)o1)NCC(c1ccccc1OC)N1CCCC1. The van der Waals surface area contributed by atoms with Crippen LogP contribution in [0.3, 0.4) is 0 Å². The summed E-state index contributed by atoms with van der Waals surface area (Å²) >= 11 is 0. The molecular formula is C24H37N5O2. The average molecular weight is 428 g/mol. The molecule has 7 heteroatoms. The van der Waals surface area contributed by atoms with Crippen molar-refractivity contribution in [3.8, 4) is 5.75 Å². The first kappa shape index (κ1) is 23.1. The second kappa shape index (κ2) is 10.7. The Labute approximate surface area is 186 Å². The Bertz CT molecular complexity index is 850. The van der Waals surface area contributed by atoms with Gasteiger partial charge in [0.15, 0.2) is 5.96 Å². The number of hydrogen-bond donors (Lipinski definition) is 2. The van der Waals surface area contributed by atoms with Gasteiger partial charge in [0.2, 0.25) is 5.89 Å².